The third-order valence-electron chi connectivity index (χ3n) is 2.43. The zero-order valence-electron chi connectivity index (χ0n) is 8.67. The number of anilines is 1. The van der Waals surface area contributed by atoms with Crippen LogP contribution < -0.4 is 5.73 Å². The first kappa shape index (κ1) is 11.8. The highest BCUT2D eigenvalue weighted by atomic mass is 32.2. The molecule has 1 saturated carbocycles. The van der Waals surface area contributed by atoms with Crippen molar-refractivity contribution >= 4 is 27.0 Å². The number of rotatable bonds is 5. The van der Waals surface area contributed by atoms with E-state index >= 15 is 0 Å². The number of aliphatic hydroxyl groups excluding tert-OH is 1. The highest BCUT2D eigenvalue weighted by molar-refractivity contribution is 7.91. The van der Waals surface area contributed by atoms with E-state index in [1.165, 1.54) is 10.4 Å². The predicted molar refractivity (Wildman–Crippen MR) is 62.7 cm³/mol. The largest absolute Gasteiger partial charge is 0.398 e. The Kier molecular flexibility index (Phi) is 3.20. The van der Waals surface area contributed by atoms with Crippen LogP contribution in [0.15, 0.2) is 15.7 Å². The highest BCUT2D eigenvalue weighted by Crippen LogP contribution is 2.34. The summed E-state index contributed by atoms with van der Waals surface area (Å²) in [6.45, 7) is 0.00138. The van der Waals surface area contributed by atoms with Gasteiger partial charge in [0.1, 0.15) is 4.21 Å². The number of nitrogen functional groups attached to an aromatic ring is 1. The summed E-state index contributed by atoms with van der Waals surface area (Å²) >= 11 is 1.12. The molecule has 0 aromatic carbocycles. The van der Waals surface area contributed by atoms with Gasteiger partial charge < -0.3 is 10.8 Å². The van der Waals surface area contributed by atoms with Gasteiger partial charge in [0.15, 0.2) is 0 Å². The van der Waals surface area contributed by atoms with Crippen LogP contribution >= 0.6 is 11.3 Å². The Morgan fingerprint density at radius 1 is 1.56 bits per heavy atom. The Morgan fingerprint density at radius 3 is 2.69 bits per heavy atom. The summed E-state index contributed by atoms with van der Waals surface area (Å²) < 4.78 is 26.0. The zero-order valence-corrected chi connectivity index (χ0v) is 10.3. The maximum Gasteiger partial charge on any atom is 0.252 e. The number of aliphatic hydroxyl groups is 1. The van der Waals surface area contributed by atoms with E-state index in [-0.39, 0.29) is 23.4 Å². The minimum atomic E-state index is -3.47. The lowest BCUT2D eigenvalue weighted by Crippen LogP contribution is -2.35. The van der Waals surface area contributed by atoms with E-state index in [1.54, 1.807) is 5.38 Å². The number of hydrogen-bond acceptors (Lipinski definition) is 5. The average Bonchev–Trinajstić information content (AvgIpc) is 2.96. The third kappa shape index (κ3) is 2.22. The third-order valence-corrected chi connectivity index (χ3v) is 5.82. The molecule has 0 radical (unpaired) electrons. The molecular formula is C9H14N2O3S2. The second-order valence-electron chi connectivity index (χ2n) is 3.77. The molecular weight excluding hydrogens is 248 g/mol. The van der Waals surface area contributed by atoms with Gasteiger partial charge in [-0.05, 0) is 18.9 Å². The molecule has 0 atom stereocenters. The molecule has 1 aliphatic carbocycles. The van der Waals surface area contributed by atoms with Crippen molar-refractivity contribution in [3.63, 3.8) is 0 Å². The molecule has 0 unspecified atom stereocenters. The lowest BCUT2D eigenvalue weighted by atomic mass is 10.6. The second-order valence-corrected chi connectivity index (χ2v) is 6.80. The molecule has 0 aliphatic heterocycles. The first-order chi connectivity index (χ1) is 7.55. The number of nitrogens with two attached hydrogens (primary N) is 1. The minimum absolute atomic E-state index is 0.0560. The average molecular weight is 262 g/mol. The van der Waals surface area contributed by atoms with Crippen molar-refractivity contribution in [2.24, 2.45) is 0 Å². The summed E-state index contributed by atoms with van der Waals surface area (Å²) in [5.74, 6) is 0. The predicted octanol–water partition coefficient (Wildman–Crippen LogP) is 0.476. The Labute approximate surface area is 98.5 Å². The second kappa shape index (κ2) is 4.33. The molecule has 1 aromatic rings. The van der Waals surface area contributed by atoms with Crippen molar-refractivity contribution in [3.8, 4) is 0 Å². The first-order valence-electron chi connectivity index (χ1n) is 5.02. The molecule has 1 heterocycles. The van der Waals surface area contributed by atoms with Gasteiger partial charge in [0, 0.05) is 23.7 Å². The summed E-state index contributed by atoms with van der Waals surface area (Å²) in [6, 6.07) is 1.52. The van der Waals surface area contributed by atoms with Crippen molar-refractivity contribution in [1.82, 2.24) is 4.31 Å². The Bertz CT molecular complexity index is 465. The topological polar surface area (TPSA) is 83.6 Å². The number of hydrogen-bond donors (Lipinski definition) is 2. The van der Waals surface area contributed by atoms with Gasteiger partial charge in [-0.25, -0.2) is 8.42 Å². The highest BCUT2D eigenvalue weighted by Gasteiger charge is 2.38. The Balaban J connectivity index is 2.28. The Hall–Kier alpha value is -0.630. The quantitative estimate of drug-likeness (QED) is 0.808. The molecule has 0 bridgehead atoms. The Morgan fingerprint density at radius 2 is 2.25 bits per heavy atom. The summed E-state index contributed by atoms with van der Waals surface area (Å²) in [7, 11) is -3.47. The molecule has 1 aromatic heterocycles. The van der Waals surface area contributed by atoms with Crippen molar-refractivity contribution in [2.75, 3.05) is 18.9 Å². The lowest BCUT2D eigenvalue weighted by Gasteiger charge is -2.19. The van der Waals surface area contributed by atoms with Crippen LogP contribution in [-0.4, -0.2) is 37.0 Å². The maximum absolute atomic E-state index is 12.2. The van der Waals surface area contributed by atoms with E-state index in [9.17, 15) is 8.42 Å². The van der Waals surface area contributed by atoms with Crippen LogP contribution in [0.2, 0.25) is 0 Å². The van der Waals surface area contributed by atoms with E-state index in [0.29, 0.717) is 5.69 Å². The van der Waals surface area contributed by atoms with Gasteiger partial charge in [0.05, 0.1) is 6.61 Å². The minimum Gasteiger partial charge on any atom is -0.398 e. The zero-order chi connectivity index (χ0) is 11.8. The van der Waals surface area contributed by atoms with Crippen molar-refractivity contribution in [1.29, 1.82) is 0 Å². The van der Waals surface area contributed by atoms with Crippen molar-refractivity contribution in [2.45, 2.75) is 23.1 Å². The summed E-state index contributed by atoms with van der Waals surface area (Å²) in [5.41, 5.74) is 5.98. The first-order valence-corrected chi connectivity index (χ1v) is 7.34. The fourth-order valence-electron chi connectivity index (χ4n) is 1.54. The van der Waals surface area contributed by atoms with E-state index in [4.69, 9.17) is 10.8 Å². The molecule has 7 heteroatoms. The number of thiophene rings is 1. The van der Waals surface area contributed by atoms with Crippen LogP contribution in [0.3, 0.4) is 0 Å². The van der Waals surface area contributed by atoms with Crippen LogP contribution in [0.1, 0.15) is 12.8 Å². The van der Waals surface area contributed by atoms with Crippen LogP contribution in [0.25, 0.3) is 0 Å². The van der Waals surface area contributed by atoms with E-state index < -0.39 is 10.0 Å². The molecule has 5 nitrogen and oxygen atoms in total. The van der Waals surface area contributed by atoms with Crippen molar-refractivity contribution in [3.05, 3.63) is 11.4 Å². The van der Waals surface area contributed by atoms with Gasteiger partial charge in [-0.15, -0.1) is 11.3 Å². The van der Waals surface area contributed by atoms with Crippen LogP contribution in [0.4, 0.5) is 5.69 Å². The van der Waals surface area contributed by atoms with E-state index in [0.717, 1.165) is 24.2 Å². The van der Waals surface area contributed by atoms with Crippen molar-refractivity contribution < 1.29 is 13.5 Å². The molecule has 0 saturated heterocycles. The number of nitrogens with zero attached hydrogens (tertiary/aromatic N) is 1. The smallest absolute Gasteiger partial charge is 0.252 e. The summed E-state index contributed by atoms with van der Waals surface area (Å²) in [4.78, 5) is 0. The lowest BCUT2D eigenvalue weighted by molar-refractivity contribution is 0.250. The standard InChI is InChI=1S/C9H14N2O3S2/c10-7-5-9(15-6-7)16(13,14)11(3-4-12)8-1-2-8/h5-6,8,12H,1-4,10H2. The maximum atomic E-state index is 12.2. The van der Waals surface area contributed by atoms with Gasteiger partial charge in [-0.3, -0.25) is 0 Å². The summed E-state index contributed by atoms with van der Waals surface area (Å²) in [5, 5.41) is 10.5. The molecule has 1 fully saturated rings. The molecule has 0 amide bonds. The fourth-order valence-corrected chi connectivity index (χ4v) is 4.42. The van der Waals surface area contributed by atoms with Gasteiger partial charge in [-0.1, -0.05) is 0 Å². The molecule has 0 spiro atoms. The van der Waals surface area contributed by atoms with E-state index in [2.05, 4.69) is 0 Å². The molecule has 2 rings (SSSR count). The summed E-state index contributed by atoms with van der Waals surface area (Å²) in [6.07, 6.45) is 1.75. The molecule has 90 valence electrons. The molecule has 3 N–H and O–H groups in total. The SMILES string of the molecule is Nc1csc(S(=O)(=O)N(CCO)C2CC2)c1. The van der Waals surface area contributed by atoms with Crippen LogP contribution in [0, 0.1) is 0 Å². The van der Waals surface area contributed by atoms with E-state index in [1.807, 2.05) is 0 Å². The van der Waals surface area contributed by atoms with Gasteiger partial charge in [-0.2, -0.15) is 4.31 Å². The van der Waals surface area contributed by atoms with Crippen LogP contribution in [-0.2, 0) is 10.0 Å². The van der Waals surface area contributed by atoms with Gasteiger partial charge >= 0.3 is 0 Å². The van der Waals surface area contributed by atoms with Crippen LogP contribution in [0.5, 0.6) is 0 Å². The van der Waals surface area contributed by atoms with Gasteiger partial charge in [0.25, 0.3) is 10.0 Å². The van der Waals surface area contributed by atoms with Gasteiger partial charge in [0.2, 0.25) is 0 Å². The fraction of sp³-hybridized carbons (Fsp3) is 0.556. The molecule has 1 aliphatic rings. The normalized spacial score (nSPS) is 16.9. The monoisotopic (exact) mass is 262 g/mol. The molecule has 16 heavy (non-hydrogen) atoms. The number of sulfonamides is 1.